The van der Waals surface area contributed by atoms with Gasteiger partial charge in [0.2, 0.25) is 0 Å². The molecule has 0 aromatic heterocycles. The third-order valence-corrected chi connectivity index (χ3v) is 1.15. The van der Waals surface area contributed by atoms with Crippen LogP contribution in [0.4, 0.5) is 0 Å². The highest BCUT2D eigenvalue weighted by Crippen LogP contribution is 1.80. The molecular weight excluding hydrogens is 154 g/mol. The van der Waals surface area contributed by atoms with E-state index in [0.29, 0.717) is 13.2 Å². The minimum Gasteiger partial charge on any atom is -0.382 e. The van der Waals surface area contributed by atoms with Crippen LogP contribution in [0.25, 0.3) is 0 Å². The molecule has 3 heteroatoms. The molecule has 1 N–H and O–H groups in total. The average molecular weight is 177 g/mol. The quantitative estimate of drug-likeness (QED) is 0.594. The lowest BCUT2D eigenvalue weighted by molar-refractivity contribution is 0.0696. The van der Waals surface area contributed by atoms with Gasteiger partial charge in [-0.2, -0.15) is 0 Å². The Morgan fingerprint density at radius 3 is 2.25 bits per heavy atom. The minimum atomic E-state index is 0.694. The summed E-state index contributed by atoms with van der Waals surface area (Å²) in [6.07, 6.45) is 1.07. The zero-order chi connectivity index (χ0) is 9.66. The molecule has 0 aromatic carbocycles. The Bertz CT molecular complexity index is 52.5. The Labute approximate surface area is 76.4 Å². The third kappa shape index (κ3) is 16.5. The first-order chi connectivity index (χ1) is 5.91. The van der Waals surface area contributed by atoms with Gasteiger partial charge in [0.05, 0.1) is 13.2 Å². The van der Waals surface area contributed by atoms with Crippen molar-refractivity contribution in [1.82, 2.24) is 5.32 Å². The van der Waals surface area contributed by atoms with Crippen molar-refractivity contribution in [3.05, 3.63) is 0 Å². The van der Waals surface area contributed by atoms with Crippen LogP contribution in [-0.2, 0) is 9.47 Å². The molecule has 0 unspecified atom stereocenters. The first kappa shape index (κ1) is 14.4. The van der Waals surface area contributed by atoms with E-state index in [2.05, 4.69) is 5.32 Å². The van der Waals surface area contributed by atoms with Crippen molar-refractivity contribution in [2.24, 2.45) is 0 Å². The zero-order valence-electron chi connectivity index (χ0n) is 8.85. The van der Waals surface area contributed by atoms with Crippen molar-refractivity contribution >= 4 is 0 Å². The molecule has 3 nitrogen and oxygen atoms in total. The lowest BCUT2D eigenvalue weighted by Crippen LogP contribution is -2.11. The maximum absolute atomic E-state index is 5.21. The van der Waals surface area contributed by atoms with Crippen molar-refractivity contribution in [1.29, 1.82) is 0 Å². The number of nitrogens with one attached hydrogen (secondary N) is 1. The second kappa shape index (κ2) is 17.1. The van der Waals surface area contributed by atoms with E-state index >= 15 is 0 Å². The highest BCUT2D eigenvalue weighted by atomic mass is 16.5. The van der Waals surface area contributed by atoms with Crippen LogP contribution in [0.2, 0.25) is 0 Å². The first-order valence-corrected chi connectivity index (χ1v) is 4.63. The summed E-state index contributed by atoms with van der Waals surface area (Å²) >= 11 is 0. The topological polar surface area (TPSA) is 30.5 Å². The average Bonchev–Trinajstić information content (AvgIpc) is 2.15. The molecule has 0 radical (unpaired) electrons. The molecular formula is C9H23NO2. The fourth-order valence-corrected chi connectivity index (χ4v) is 0.595. The maximum Gasteiger partial charge on any atom is 0.0700 e. The van der Waals surface area contributed by atoms with Crippen LogP contribution < -0.4 is 5.32 Å². The molecule has 0 aliphatic carbocycles. The third-order valence-electron chi connectivity index (χ3n) is 1.15. The van der Waals surface area contributed by atoms with E-state index in [4.69, 9.17) is 9.47 Å². The Balaban J connectivity index is 0. The Hall–Kier alpha value is -0.120. The molecule has 0 heterocycles. The van der Waals surface area contributed by atoms with Crippen molar-refractivity contribution < 1.29 is 9.47 Å². The molecule has 0 aliphatic rings. The van der Waals surface area contributed by atoms with Crippen LogP contribution in [0.1, 0.15) is 20.3 Å². The summed E-state index contributed by atoms with van der Waals surface area (Å²) < 4.78 is 10.0. The Morgan fingerprint density at radius 1 is 1.08 bits per heavy atom. The summed E-state index contributed by atoms with van der Waals surface area (Å²) in [5.74, 6) is 0. The van der Waals surface area contributed by atoms with Gasteiger partial charge in [-0.15, -0.1) is 0 Å². The van der Waals surface area contributed by atoms with E-state index in [-0.39, 0.29) is 0 Å². The molecule has 0 amide bonds. The highest BCUT2D eigenvalue weighted by molar-refractivity contribution is 4.38. The monoisotopic (exact) mass is 177 g/mol. The normalized spacial score (nSPS) is 9.00. The second-order valence-electron chi connectivity index (χ2n) is 2.06. The summed E-state index contributed by atoms with van der Waals surface area (Å²) in [6, 6.07) is 0. The molecule has 0 saturated carbocycles. The van der Waals surface area contributed by atoms with Crippen LogP contribution in [0.15, 0.2) is 0 Å². The Kier molecular flexibility index (Phi) is 20.5. The highest BCUT2D eigenvalue weighted by Gasteiger charge is 1.86. The zero-order valence-corrected chi connectivity index (χ0v) is 8.85. The molecule has 0 fully saturated rings. The van der Waals surface area contributed by atoms with Gasteiger partial charge in [-0.25, -0.2) is 0 Å². The molecule has 0 aromatic rings. The van der Waals surface area contributed by atoms with Crippen LogP contribution in [0.5, 0.6) is 0 Å². The standard InChI is InChI=1S/C7H17NO2.C2H6/c1-8-4-3-5-10-7-6-9-2;1-2/h8H,3-7H2,1-2H3;1-2H3. The van der Waals surface area contributed by atoms with E-state index in [9.17, 15) is 0 Å². The van der Waals surface area contributed by atoms with Gasteiger partial charge in [0.25, 0.3) is 0 Å². The molecule has 12 heavy (non-hydrogen) atoms. The molecule has 0 saturated heterocycles. The fraction of sp³-hybridized carbons (Fsp3) is 1.00. The second-order valence-corrected chi connectivity index (χ2v) is 2.06. The number of hydrogen-bond acceptors (Lipinski definition) is 3. The van der Waals surface area contributed by atoms with E-state index in [0.717, 1.165) is 19.6 Å². The summed E-state index contributed by atoms with van der Waals surface area (Å²) in [5.41, 5.74) is 0. The van der Waals surface area contributed by atoms with Gasteiger partial charge < -0.3 is 14.8 Å². The maximum atomic E-state index is 5.21. The van der Waals surface area contributed by atoms with Crippen LogP contribution >= 0.6 is 0 Å². The van der Waals surface area contributed by atoms with Gasteiger partial charge in [-0.05, 0) is 20.0 Å². The molecule has 0 bridgehead atoms. The van der Waals surface area contributed by atoms with E-state index in [1.54, 1.807) is 7.11 Å². The van der Waals surface area contributed by atoms with Crippen molar-refractivity contribution in [3.63, 3.8) is 0 Å². The van der Waals surface area contributed by atoms with Gasteiger partial charge in [0.1, 0.15) is 0 Å². The van der Waals surface area contributed by atoms with E-state index in [1.165, 1.54) is 0 Å². The van der Waals surface area contributed by atoms with Gasteiger partial charge in [0.15, 0.2) is 0 Å². The predicted molar refractivity (Wildman–Crippen MR) is 52.6 cm³/mol. The van der Waals surface area contributed by atoms with Gasteiger partial charge >= 0.3 is 0 Å². The lowest BCUT2D eigenvalue weighted by Gasteiger charge is -2.01. The fourth-order valence-electron chi connectivity index (χ4n) is 0.595. The summed E-state index contributed by atoms with van der Waals surface area (Å²) in [5, 5.41) is 3.05. The molecule has 0 atom stereocenters. The number of hydrogen-bond donors (Lipinski definition) is 1. The van der Waals surface area contributed by atoms with E-state index < -0.39 is 0 Å². The van der Waals surface area contributed by atoms with Crippen molar-refractivity contribution in [3.8, 4) is 0 Å². The lowest BCUT2D eigenvalue weighted by atomic mass is 10.4. The van der Waals surface area contributed by atoms with Crippen molar-refractivity contribution in [2.75, 3.05) is 40.5 Å². The smallest absolute Gasteiger partial charge is 0.0700 e. The number of methoxy groups -OCH3 is 1. The number of rotatable bonds is 7. The molecule has 76 valence electrons. The van der Waals surface area contributed by atoms with Crippen LogP contribution in [0, 0.1) is 0 Å². The summed E-state index contributed by atoms with van der Waals surface area (Å²) in [6.45, 7) is 7.25. The minimum absolute atomic E-state index is 0.694. The molecule has 0 rings (SSSR count). The summed E-state index contributed by atoms with van der Waals surface area (Å²) in [4.78, 5) is 0. The van der Waals surface area contributed by atoms with Crippen LogP contribution in [-0.4, -0.2) is 40.5 Å². The molecule has 0 aliphatic heterocycles. The SMILES string of the molecule is CC.CNCCCOCCOC. The first-order valence-electron chi connectivity index (χ1n) is 4.63. The largest absolute Gasteiger partial charge is 0.382 e. The van der Waals surface area contributed by atoms with Gasteiger partial charge in [0, 0.05) is 13.7 Å². The molecule has 0 spiro atoms. The van der Waals surface area contributed by atoms with Crippen LogP contribution in [0.3, 0.4) is 0 Å². The number of ether oxygens (including phenoxy) is 2. The van der Waals surface area contributed by atoms with Gasteiger partial charge in [-0.1, -0.05) is 13.8 Å². The predicted octanol–water partition coefficient (Wildman–Crippen LogP) is 1.29. The van der Waals surface area contributed by atoms with E-state index in [1.807, 2.05) is 20.9 Å². The Morgan fingerprint density at radius 2 is 1.75 bits per heavy atom. The summed E-state index contributed by atoms with van der Waals surface area (Å²) in [7, 11) is 3.62. The van der Waals surface area contributed by atoms with Gasteiger partial charge in [-0.3, -0.25) is 0 Å². The van der Waals surface area contributed by atoms with Crippen molar-refractivity contribution in [2.45, 2.75) is 20.3 Å².